The summed E-state index contributed by atoms with van der Waals surface area (Å²) in [7, 11) is -3.74. The number of amides is 1. The van der Waals surface area contributed by atoms with Crippen molar-refractivity contribution in [2.24, 2.45) is 9.39 Å². The highest BCUT2D eigenvalue weighted by molar-refractivity contribution is 8.16. The highest BCUT2D eigenvalue weighted by Crippen LogP contribution is 2.33. The van der Waals surface area contributed by atoms with Gasteiger partial charge in [-0.05, 0) is 42.1 Å². The summed E-state index contributed by atoms with van der Waals surface area (Å²) in [5.41, 5.74) is 0.353. The highest BCUT2D eigenvalue weighted by atomic mass is 32.2. The lowest BCUT2D eigenvalue weighted by Gasteiger charge is -2.24. The molecule has 0 bridgehead atoms. The zero-order valence-electron chi connectivity index (χ0n) is 18.0. The molecule has 0 atom stereocenters. The number of hydrogen-bond acceptors (Lipinski definition) is 10. The number of sulfone groups is 1. The van der Waals surface area contributed by atoms with Gasteiger partial charge in [-0.2, -0.15) is 9.39 Å². The number of aliphatic imine (C=N–C) groups is 1. The van der Waals surface area contributed by atoms with Crippen molar-refractivity contribution in [3.05, 3.63) is 51.7 Å². The van der Waals surface area contributed by atoms with Crippen molar-refractivity contribution in [1.29, 1.82) is 5.41 Å². The van der Waals surface area contributed by atoms with Gasteiger partial charge >= 0.3 is 5.97 Å². The smallest absolute Gasteiger partial charge is 0.353 e. The molecule has 13 heteroatoms. The monoisotopic (exact) mass is 518 g/mol. The zero-order chi connectivity index (χ0) is 24.5. The fourth-order valence-corrected chi connectivity index (χ4v) is 5.57. The molecule has 2 aromatic rings. The molecule has 2 aliphatic rings. The molecule has 1 amide bonds. The first-order valence-corrected chi connectivity index (χ1v) is 13.3. The van der Waals surface area contributed by atoms with E-state index in [1.807, 2.05) is 0 Å². The summed E-state index contributed by atoms with van der Waals surface area (Å²) in [6.45, 7) is 3.54. The van der Waals surface area contributed by atoms with E-state index in [1.165, 1.54) is 30.4 Å². The molecule has 0 radical (unpaired) electrons. The van der Waals surface area contributed by atoms with Gasteiger partial charge in [0.25, 0.3) is 5.91 Å². The first-order chi connectivity index (χ1) is 16.2. The van der Waals surface area contributed by atoms with Crippen LogP contribution in [0.5, 0.6) is 11.5 Å². The first-order valence-electron chi connectivity index (χ1n) is 9.99. The van der Waals surface area contributed by atoms with E-state index in [-0.39, 0.29) is 39.0 Å². The quantitative estimate of drug-likeness (QED) is 0.266. The Morgan fingerprint density at radius 2 is 2.03 bits per heavy atom. The van der Waals surface area contributed by atoms with Crippen LogP contribution >= 0.6 is 23.3 Å². The number of nitrogens with one attached hydrogen (secondary N) is 1. The molecule has 4 rings (SSSR count). The predicted molar refractivity (Wildman–Crippen MR) is 131 cm³/mol. The predicted octanol–water partition coefficient (Wildman–Crippen LogP) is 3.38. The number of benzene rings is 1. The number of thiophene rings is 1. The number of amidine groups is 3. The lowest BCUT2D eigenvalue weighted by Crippen LogP contribution is -2.45. The maximum absolute atomic E-state index is 12.6. The summed E-state index contributed by atoms with van der Waals surface area (Å²) in [6, 6.07) is 8.06. The maximum Gasteiger partial charge on any atom is 0.353 e. The largest absolute Gasteiger partial charge is 0.490 e. The Bertz CT molecular complexity index is 1380. The van der Waals surface area contributed by atoms with Crippen LogP contribution in [0.1, 0.15) is 29.1 Å². The standard InChI is InChI=1S/C21H18N4O6S3/c1-3-30-15-11-12(7-8-14(15)31-19(27)16-6-5-9-32-16)10-13-17(22)25-20(23-18(13)26)33-24-21(25)34(28,29)4-2/h5-11,22H,3-4H2,1-2H3/b13-10-,22-17?. The number of hydrogen-bond donors (Lipinski definition) is 1. The van der Waals surface area contributed by atoms with Gasteiger partial charge in [0.05, 0.1) is 29.9 Å². The zero-order valence-corrected chi connectivity index (χ0v) is 20.4. The SMILES string of the molecule is CCOc1cc(/C=C2/C(=N)N3C(=NC2=O)SN=C3S(=O)(=O)CC)ccc1OC(=O)c1cccs1. The van der Waals surface area contributed by atoms with Gasteiger partial charge in [0.1, 0.15) is 10.7 Å². The van der Waals surface area contributed by atoms with Gasteiger partial charge in [0, 0.05) is 0 Å². The Kier molecular flexibility index (Phi) is 6.68. The second kappa shape index (κ2) is 9.52. The number of nitrogens with zero attached hydrogens (tertiary/aromatic N) is 3. The van der Waals surface area contributed by atoms with Crippen LogP contribution in [0.3, 0.4) is 0 Å². The van der Waals surface area contributed by atoms with Crippen molar-refractivity contribution in [2.45, 2.75) is 13.8 Å². The summed E-state index contributed by atoms with van der Waals surface area (Å²) in [4.78, 5) is 30.3. The van der Waals surface area contributed by atoms with Gasteiger partial charge < -0.3 is 9.47 Å². The number of fused-ring (bicyclic) bond motifs is 1. The topological polar surface area (TPSA) is 139 Å². The molecule has 34 heavy (non-hydrogen) atoms. The van der Waals surface area contributed by atoms with Crippen molar-refractivity contribution in [2.75, 3.05) is 12.4 Å². The molecule has 0 unspecified atom stereocenters. The molecule has 0 spiro atoms. The fourth-order valence-electron chi connectivity index (χ4n) is 3.01. The molecule has 0 saturated heterocycles. The molecule has 3 heterocycles. The van der Waals surface area contributed by atoms with Gasteiger partial charge in [-0.15, -0.1) is 11.3 Å². The van der Waals surface area contributed by atoms with E-state index >= 15 is 0 Å². The van der Waals surface area contributed by atoms with Gasteiger partial charge in [-0.3, -0.25) is 10.2 Å². The van der Waals surface area contributed by atoms with Gasteiger partial charge in [0.2, 0.25) is 20.2 Å². The molecular weight excluding hydrogens is 500 g/mol. The number of ether oxygens (including phenoxy) is 2. The molecule has 2 aliphatic heterocycles. The summed E-state index contributed by atoms with van der Waals surface area (Å²) in [5.74, 6) is -1.30. The normalized spacial score (nSPS) is 16.9. The lowest BCUT2D eigenvalue weighted by molar-refractivity contribution is -0.114. The molecule has 176 valence electrons. The van der Waals surface area contributed by atoms with Crippen molar-refractivity contribution >= 4 is 67.2 Å². The number of esters is 1. The van der Waals surface area contributed by atoms with Crippen molar-refractivity contribution in [3.63, 3.8) is 0 Å². The van der Waals surface area contributed by atoms with E-state index in [4.69, 9.17) is 14.9 Å². The van der Waals surface area contributed by atoms with Crippen molar-refractivity contribution < 1.29 is 27.5 Å². The average molecular weight is 519 g/mol. The molecular formula is C21H18N4O6S3. The summed E-state index contributed by atoms with van der Waals surface area (Å²) < 4.78 is 39.7. The van der Waals surface area contributed by atoms with E-state index in [0.717, 1.165) is 16.8 Å². The third-order valence-corrected chi connectivity index (χ3v) is 7.91. The number of rotatable bonds is 6. The first kappa shape index (κ1) is 23.9. The van der Waals surface area contributed by atoms with Crippen molar-refractivity contribution in [1.82, 2.24) is 4.90 Å². The van der Waals surface area contributed by atoms with Crippen LogP contribution in [-0.2, 0) is 14.6 Å². The van der Waals surface area contributed by atoms with Crippen LogP contribution in [0, 0.1) is 5.41 Å². The van der Waals surface area contributed by atoms with Gasteiger partial charge in [-0.25, -0.2) is 18.1 Å². The Labute approximate surface area is 203 Å². The Balaban J connectivity index is 1.66. The number of carbonyl (C=O) groups excluding carboxylic acids is 2. The molecule has 10 nitrogen and oxygen atoms in total. The van der Waals surface area contributed by atoms with Crippen LogP contribution in [0.15, 0.2) is 50.7 Å². The van der Waals surface area contributed by atoms with Crippen molar-refractivity contribution in [3.8, 4) is 11.5 Å². The minimum absolute atomic E-state index is 0.0185. The molecule has 0 saturated carbocycles. The second-order valence-electron chi connectivity index (χ2n) is 6.82. The summed E-state index contributed by atoms with van der Waals surface area (Å²) >= 11 is 1.99. The molecule has 1 aromatic carbocycles. The third-order valence-electron chi connectivity index (χ3n) is 4.66. The summed E-state index contributed by atoms with van der Waals surface area (Å²) in [6.07, 6.45) is 1.40. The summed E-state index contributed by atoms with van der Waals surface area (Å²) in [5, 5.41) is 9.94. The van der Waals surface area contributed by atoms with E-state index < -0.39 is 21.7 Å². The van der Waals surface area contributed by atoms with E-state index in [9.17, 15) is 18.0 Å². The van der Waals surface area contributed by atoms with E-state index in [1.54, 1.807) is 36.6 Å². The highest BCUT2D eigenvalue weighted by Gasteiger charge is 2.42. The van der Waals surface area contributed by atoms with E-state index in [0.29, 0.717) is 17.0 Å². The van der Waals surface area contributed by atoms with Gasteiger partial charge in [0.15, 0.2) is 11.5 Å². The average Bonchev–Trinajstić information content (AvgIpc) is 3.49. The second-order valence-corrected chi connectivity index (χ2v) is 10.7. The Hall–Kier alpha value is -3.29. The Morgan fingerprint density at radius 3 is 2.71 bits per heavy atom. The molecule has 1 N–H and O–H groups in total. The van der Waals surface area contributed by atoms with Crippen LogP contribution in [0.25, 0.3) is 6.08 Å². The third kappa shape index (κ3) is 4.54. The minimum Gasteiger partial charge on any atom is -0.490 e. The number of carbonyl (C=O) groups is 2. The minimum atomic E-state index is -3.74. The molecule has 0 fully saturated rings. The Morgan fingerprint density at radius 1 is 1.24 bits per heavy atom. The van der Waals surface area contributed by atoms with Crippen LogP contribution in [0.2, 0.25) is 0 Å². The maximum atomic E-state index is 12.6. The fraction of sp³-hybridized carbons (Fsp3) is 0.190. The van der Waals surface area contributed by atoms with E-state index in [2.05, 4.69) is 9.39 Å². The lowest BCUT2D eigenvalue weighted by atomic mass is 10.1. The van der Waals surface area contributed by atoms with Crippen LogP contribution in [0.4, 0.5) is 0 Å². The van der Waals surface area contributed by atoms with Gasteiger partial charge in [-0.1, -0.05) is 19.1 Å². The van der Waals surface area contributed by atoms with Crippen LogP contribution in [-0.4, -0.2) is 53.7 Å². The molecule has 0 aliphatic carbocycles. The molecule has 1 aromatic heterocycles. The van der Waals surface area contributed by atoms with Crippen LogP contribution < -0.4 is 9.47 Å².